The van der Waals surface area contributed by atoms with Gasteiger partial charge in [-0.05, 0) is 38.2 Å². The van der Waals surface area contributed by atoms with Gasteiger partial charge in [0.1, 0.15) is 5.82 Å². The highest BCUT2D eigenvalue weighted by Crippen LogP contribution is 2.28. The Morgan fingerprint density at radius 3 is 2.89 bits per heavy atom. The zero-order chi connectivity index (χ0) is 12.8. The van der Waals surface area contributed by atoms with Crippen LogP contribution in [0.1, 0.15) is 46.0 Å². The van der Waals surface area contributed by atoms with Crippen LogP contribution in [0.5, 0.6) is 0 Å². The van der Waals surface area contributed by atoms with Crippen LogP contribution in [0.4, 0.5) is 11.8 Å². The van der Waals surface area contributed by atoms with Gasteiger partial charge in [-0.25, -0.2) is 4.98 Å². The van der Waals surface area contributed by atoms with Gasteiger partial charge in [-0.1, -0.05) is 19.8 Å². The van der Waals surface area contributed by atoms with Crippen molar-refractivity contribution in [3.8, 4) is 0 Å². The van der Waals surface area contributed by atoms with E-state index in [9.17, 15) is 0 Å². The summed E-state index contributed by atoms with van der Waals surface area (Å²) < 4.78 is 0. The van der Waals surface area contributed by atoms with Crippen LogP contribution in [0, 0.1) is 5.92 Å². The zero-order valence-electron chi connectivity index (χ0n) is 11.4. The van der Waals surface area contributed by atoms with Crippen LogP contribution < -0.4 is 10.6 Å². The maximum Gasteiger partial charge on any atom is 0.224 e. The fraction of sp³-hybridized carbons (Fsp3) is 0.714. The lowest BCUT2D eigenvalue weighted by molar-refractivity contribution is 0.481. The molecule has 1 saturated carbocycles. The van der Waals surface area contributed by atoms with Crippen molar-refractivity contribution in [1.29, 1.82) is 0 Å². The smallest absolute Gasteiger partial charge is 0.224 e. The molecule has 1 aliphatic carbocycles. The number of hydrogen-bond acceptors (Lipinski definition) is 4. The van der Waals surface area contributed by atoms with Gasteiger partial charge in [-0.15, -0.1) is 0 Å². The molecule has 4 nitrogen and oxygen atoms in total. The third-order valence-electron chi connectivity index (χ3n) is 3.67. The van der Waals surface area contributed by atoms with Gasteiger partial charge in [0.05, 0.1) is 0 Å². The first-order valence-corrected chi connectivity index (χ1v) is 7.13. The SMILES string of the molecule is CCCNc1nccc(NC(C)C2CCCC2)n1. The van der Waals surface area contributed by atoms with Gasteiger partial charge < -0.3 is 10.6 Å². The van der Waals surface area contributed by atoms with Crippen LogP contribution in [0.2, 0.25) is 0 Å². The lowest BCUT2D eigenvalue weighted by Gasteiger charge is -2.21. The Bertz CT molecular complexity index is 361. The molecule has 1 unspecified atom stereocenters. The molecule has 100 valence electrons. The molecule has 0 bridgehead atoms. The molecule has 0 aromatic carbocycles. The minimum Gasteiger partial charge on any atom is -0.367 e. The van der Waals surface area contributed by atoms with Gasteiger partial charge in [-0.2, -0.15) is 4.98 Å². The second-order valence-electron chi connectivity index (χ2n) is 5.17. The number of rotatable bonds is 6. The zero-order valence-corrected chi connectivity index (χ0v) is 11.4. The molecule has 2 N–H and O–H groups in total. The topological polar surface area (TPSA) is 49.8 Å². The molecule has 1 fully saturated rings. The highest BCUT2D eigenvalue weighted by molar-refractivity contribution is 5.40. The second-order valence-corrected chi connectivity index (χ2v) is 5.17. The normalized spacial score (nSPS) is 17.7. The quantitative estimate of drug-likeness (QED) is 0.811. The molecule has 1 aromatic rings. The Kier molecular flexibility index (Phi) is 4.79. The first-order valence-electron chi connectivity index (χ1n) is 7.13. The van der Waals surface area contributed by atoms with Gasteiger partial charge in [0.25, 0.3) is 0 Å². The van der Waals surface area contributed by atoms with E-state index in [2.05, 4.69) is 34.4 Å². The summed E-state index contributed by atoms with van der Waals surface area (Å²) in [7, 11) is 0. The molecule has 18 heavy (non-hydrogen) atoms. The van der Waals surface area contributed by atoms with E-state index in [4.69, 9.17) is 0 Å². The van der Waals surface area contributed by atoms with Gasteiger partial charge >= 0.3 is 0 Å². The van der Waals surface area contributed by atoms with Crippen molar-refractivity contribution in [2.24, 2.45) is 5.92 Å². The summed E-state index contributed by atoms with van der Waals surface area (Å²) >= 11 is 0. The summed E-state index contributed by atoms with van der Waals surface area (Å²) in [6, 6.07) is 2.45. The lowest BCUT2D eigenvalue weighted by Crippen LogP contribution is -2.24. The average molecular weight is 248 g/mol. The molecule has 4 heteroatoms. The summed E-state index contributed by atoms with van der Waals surface area (Å²) in [6.45, 7) is 5.32. The standard InChI is InChI=1S/C14H24N4/c1-3-9-15-14-16-10-8-13(18-14)17-11(2)12-6-4-5-7-12/h8,10-12H,3-7,9H2,1-2H3,(H2,15,16,17,18). The van der Waals surface area contributed by atoms with E-state index in [1.165, 1.54) is 25.7 Å². The van der Waals surface area contributed by atoms with E-state index in [1.807, 2.05) is 12.3 Å². The summed E-state index contributed by atoms with van der Waals surface area (Å²) in [4.78, 5) is 8.71. The third kappa shape index (κ3) is 3.59. The first kappa shape index (κ1) is 13.1. The van der Waals surface area contributed by atoms with Crippen molar-refractivity contribution in [3.05, 3.63) is 12.3 Å². The monoisotopic (exact) mass is 248 g/mol. The number of nitrogens with zero attached hydrogens (tertiary/aromatic N) is 2. The van der Waals surface area contributed by atoms with Gasteiger partial charge in [0, 0.05) is 18.8 Å². The summed E-state index contributed by atoms with van der Waals surface area (Å²) in [5.74, 6) is 2.45. The van der Waals surface area contributed by atoms with Crippen LogP contribution in [0.25, 0.3) is 0 Å². The molecule has 0 amide bonds. The van der Waals surface area contributed by atoms with Crippen molar-refractivity contribution < 1.29 is 0 Å². The van der Waals surface area contributed by atoms with Crippen LogP contribution >= 0.6 is 0 Å². The number of nitrogens with one attached hydrogen (secondary N) is 2. The lowest BCUT2D eigenvalue weighted by atomic mass is 10.00. The Labute approximate surface area is 110 Å². The highest BCUT2D eigenvalue weighted by atomic mass is 15.1. The third-order valence-corrected chi connectivity index (χ3v) is 3.67. The van der Waals surface area contributed by atoms with E-state index in [0.717, 1.165) is 30.6 Å². The molecule has 1 aliphatic rings. The number of aromatic nitrogens is 2. The van der Waals surface area contributed by atoms with Crippen LogP contribution in [-0.2, 0) is 0 Å². The van der Waals surface area contributed by atoms with Crippen molar-refractivity contribution in [2.45, 2.75) is 52.0 Å². The molecule has 2 rings (SSSR count). The summed E-state index contributed by atoms with van der Waals surface area (Å²) in [6.07, 6.45) is 8.35. The van der Waals surface area contributed by atoms with Crippen molar-refractivity contribution >= 4 is 11.8 Å². The minimum absolute atomic E-state index is 0.501. The molecule has 1 aromatic heterocycles. The fourth-order valence-electron chi connectivity index (χ4n) is 2.57. The van der Waals surface area contributed by atoms with Gasteiger partial charge in [-0.3, -0.25) is 0 Å². The number of hydrogen-bond donors (Lipinski definition) is 2. The van der Waals surface area contributed by atoms with Crippen LogP contribution in [-0.4, -0.2) is 22.6 Å². The van der Waals surface area contributed by atoms with Gasteiger partial charge in [0.15, 0.2) is 0 Å². The minimum atomic E-state index is 0.501. The Balaban J connectivity index is 1.91. The van der Waals surface area contributed by atoms with Crippen molar-refractivity contribution in [3.63, 3.8) is 0 Å². The molecule has 0 saturated heterocycles. The van der Waals surface area contributed by atoms with E-state index in [-0.39, 0.29) is 0 Å². The van der Waals surface area contributed by atoms with Crippen molar-refractivity contribution in [2.75, 3.05) is 17.2 Å². The van der Waals surface area contributed by atoms with E-state index in [1.54, 1.807) is 0 Å². The average Bonchev–Trinajstić information content (AvgIpc) is 2.91. The van der Waals surface area contributed by atoms with Crippen molar-refractivity contribution in [1.82, 2.24) is 9.97 Å². The molecule has 0 spiro atoms. The molecule has 0 radical (unpaired) electrons. The van der Waals surface area contributed by atoms with Crippen LogP contribution in [0.15, 0.2) is 12.3 Å². The summed E-state index contributed by atoms with van der Waals surface area (Å²) in [5, 5.41) is 6.72. The van der Waals surface area contributed by atoms with E-state index >= 15 is 0 Å². The summed E-state index contributed by atoms with van der Waals surface area (Å²) in [5.41, 5.74) is 0. The molecular formula is C14H24N4. The first-order chi connectivity index (χ1) is 8.79. The maximum absolute atomic E-state index is 4.49. The Hall–Kier alpha value is -1.32. The van der Waals surface area contributed by atoms with E-state index in [0.29, 0.717) is 6.04 Å². The Morgan fingerprint density at radius 1 is 1.39 bits per heavy atom. The molecule has 1 atom stereocenters. The van der Waals surface area contributed by atoms with Gasteiger partial charge in [0.2, 0.25) is 5.95 Å². The fourth-order valence-corrected chi connectivity index (χ4v) is 2.57. The highest BCUT2D eigenvalue weighted by Gasteiger charge is 2.21. The Morgan fingerprint density at radius 2 is 2.17 bits per heavy atom. The predicted octanol–water partition coefficient (Wildman–Crippen LogP) is 3.29. The van der Waals surface area contributed by atoms with Crippen LogP contribution in [0.3, 0.4) is 0 Å². The maximum atomic E-state index is 4.49. The second kappa shape index (κ2) is 6.57. The molecule has 1 heterocycles. The molecule has 0 aliphatic heterocycles. The predicted molar refractivity (Wildman–Crippen MR) is 75.9 cm³/mol. The molecular weight excluding hydrogens is 224 g/mol. The number of anilines is 2. The largest absolute Gasteiger partial charge is 0.367 e. The van der Waals surface area contributed by atoms with E-state index < -0.39 is 0 Å².